The van der Waals surface area contributed by atoms with Crippen molar-refractivity contribution in [2.75, 3.05) is 0 Å². The Morgan fingerprint density at radius 1 is 0.458 bits per heavy atom. The quantitative estimate of drug-likeness (QED) is 0.417. The van der Waals surface area contributed by atoms with E-state index in [2.05, 4.69) is 62.4 Å². The monoisotopic (exact) mass is 324 g/mol. The number of hydrogen-bond acceptors (Lipinski definition) is 0. The first-order valence-corrected chi connectivity index (χ1v) is 9.78. The third-order valence-electron chi connectivity index (χ3n) is 3.86. The van der Waals surface area contributed by atoms with Crippen LogP contribution in [0.5, 0.6) is 0 Å². The molecule has 3 aromatic rings. The molecule has 0 saturated carbocycles. The van der Waals surface area contributed by atoms with Crippen LogP contribution >= 0.6 is 0 Å². The van der Waals surface area contributed by atoms with Gasteiger partial charge in [0.25, 0.3) is 0 Å². The SMILES string of the molecule is CC.CC.CC.CCc1c2ccccc2c(CC)c2ccccc12. The zero-order chi connectivity index (χ0) is 18.5. The summed E-state index contributed by atoms with van der Waals surface area (Å²) in [6.07, 6.45) is 2.18. The molecule has 0 saturated heterocycles. The zero-order valence-electron chi connectivity index (χ0n) is 17.0. The van der Waals surface area contributed by atoms with Crippen LogP contribution in [0.1, 0.15) is 66.5 Å². The second kappa shape index (κ2) is 12.6. The summed E-state index contributed by atoms with van der Waals surface area (Å²) in [5.74, 6) is 0. The Bertz CT molecular complexity index is 589. The summed E-state index contributed by atoms with van der Waals surface area (Å²) >= 11 is 0. The second-order valence-corrected chi connectivity index (χ2v) is 4.76. The molecule has 3 aromatic carbocycles. The molecule has 0 aromatic heterocycles. The van der Waals surface area contributed by atoms with Gasteiger partial charge in [0.15, 0.2) is 0 Å². The largest absolute Gasteiger partial charge is 0.0683 e. The van der Waals surface area contributed by atoms with Crippen molar-refractivity contribution < 1.29 is 0 Å². The highest BCUT2D eigenvalue weighted by molar-refractivity contribution is 6.05. The minimum atomic E-state index is 1.09. The molecule has 0 bridgehead atoms. The molecule has 0 aliphatic heterocycles. The van der Waals surface area contributed by atoms with Gasteiger partial charge in [0.05, 0.1) is 0 Å². The van der Waals surface area contributed by atoms with Crippen LogP contribution in [0, 0.1) is 0 Å². The van der Waals surface area contributed by atoms with Crippen molar-refractivity contribution in [3.8, 4) is 0 Å². The summed E-state index contributed by atoms with van der Waals surface area (Å²) < 4.78 is 0. The molecular formula is C24H36. The van der Waals surface area contributed by atoms with Crippen molar-refractivity contribution >= 4 is 21.5 Å². The Balaban J connectivity index is 0.000000798. The number of aryl methyl sites for hydroxylation is 2. The molecule has 132 valence electrons. The number of hydrogen-bond donors (Lipinski definition) is 0. The topological polar surface area (TPSA) is 0 Å². The van der Waals surface area contributed by atoms with Gasteiger partial charge in [0.2, 0.25) is 0 Å². The van der Waals surface area contributed by atoms with Crippen molar-refractivity contribution in [2.45, 2.75) is 68.2 Å². The molecule has 0 aliphatic rings. The van der Waals surface area contributed by atoms with Gasteiger partial charge in [-0.2, -0.15) is 0 Å². The Morgan fingerprint density at radius 3 is 0.833 bits per heavy atom. The van der Waals surface area contributed by atoms with Crippen LogP contribution in [0.15, 0.2) is 48.5 Å². The average Bonchev–Trinajstić information content (AvgIpc) is 2.70. The Morgan fingerprint density at radius 2 is 0.667 bits per heavy atom. The third kappa shape index (κ3) is 4.60. The maximum atomic E-state index is 2.26. The minimum Gasteiger partial charge on any atom is -0.0683 e. The van der Waals surface area contributed by atoms with Gasteiger partial charge >= 0.3 is 0 Å². The molecule has 0 radical (unpaired) electrons. The van der Waals surface area contributed by atoms with Crippen molar-refractivity contribution in [1.29, 1.82) is 0 Å². The maximum Gasteiger partial charge on any atom is -0.0143 e. The molecule has 0 fully saturated rings. The summed E-state index contributed by atoms with van der Waals surface area (Å²) in [6.45, 7) is 16.5. The Hall–Kier alpha value is -1.82. The number of fused-ring (bicyclic) bond motifs is 2. The highest BCUT2D eigenvalue weighted by atomic mass is 14.1. The van der Waals surface area contributed by atoms with Gasteiger partial charge in [-0.05, 0) is 45.5 Å². The van der Waals surface area contributed by atoms with E-state index in [9.17, 15) is 0 Å². The van der Waals surface area contributed by atoms with Gasteiger partial charge in [-0.1, -0.05) is 104 Å². The molecule has 0 heterocycles. The Kier molecular flexibility index (Phi) is 11.6. The standard InChI is InChI=1S/C18H18.3C2H6/c1-3-13-15-9-5-7-11-17(15)14(4-2)18-12-8-6-10-16(13)18;3*1-2/h5-12H,3-4H2,1-2H3;3*1-2H3. The lowest BCUT2D eigenvalue weighted by Crippen LogP contribution is -1.93. The predicted octanol–water partition coefficient (Wildman–Crippen LogP) is 8.20. The van der Waals surface area contributed by atoms with Crippen molar-refractivity contribution in [3.05, 3.63) is 59.7 Å². The van der Waals surface area contributed by atoms with Crippen LogP contribution in [-0.2, 0) is 12.8 Å². The molecule has 24 heavy (non-hydrogen) atoms. The van der Waals surface area contributed by atoms with Gasteiger partial charge in [-0.15, -0.1) is 0 Å². The minimum absolute atomic E-state index is 1.09. The van der Waals surface area contributed by atoms with Gasteiger partial charge in [-0.25, -0.2) is 0 Å². The van der Waals surface area contributed by atoms with Gasteiger partial charge in [-0.3, -0.25) is 0 Å². The van der Waals surface area contributed by atoms with Crippen LogP contribution in [0.3, 0.4) is 0 Å². The molecule has 0 unspecified atom stereocenters. The average molecular weight is 325 g/mol. The van der Waals surface area contributed by atoms with E-state index in [1.807, 2.05) is 41.5 Å². The molecule has 3 rings (SSSR count). The smallest absolute Gasteiger partial charge is 0.0143 e. The van der Waals surface area contributed by atoms with Crippen molar-refractivity contribution in [2.24, 2.45) is 0 Å². The van der Waals surface area contributed by atoms with Crippen LogP contribution in [0.25, 0.3) is 21.5 Å². The third-order valence-corrected chi connectivity index (χ3v) is 3.86. The number of benzene rings is 3. The van der Waals surface area contributed by atoms with Gasteiger partial charge in [0, 0.05) is 0 Å². The van der Waals surface area contributed by atoms with E-state index in [0.29, 0.717) is 0 Å². The number of rotatable bonds is 2. The second-order valence-electron chi connectivity index (χ2n) is 4.76. The van der Waals surface area contributed by atoms with E-state index in [-0.39, 0.29) is 0 Å². The highest BCUT2D eigenvalue weighted by Gasteiger charge is 2.10. The van der Waals surface area contributed by atoms with E-state index in [4.69, 9.17) is 0 Å². The first-order chi connectivity index (χ1) is 11.9. The first kappa shape index (κ1) is 22.2. The summed E-state index contributed by atoms with van der Waals surface area (Å²) in [5.41, 5.74) is 2.97. The lowest BCUT2D eigenvalue weighted by Gasteiger charge is -2.14. The summed E-state index contributed by atoms with van der Waals surface area (Å²) in [7, 11) is 0. The summed E-state index contributed by atoms with van der Waals surface area (Å²) in [5, 5.41) is 5.71. The van der Waals surface area contributed by atoms with E-state index in [1.54, 1.807) is 0 Å². The molecule has 0 nitrogen and oxygen atoms in total. The molecule has 0 atom stereocenters. The predicted molar refractivity (Wildman–Crippen MR) is 114 cm³/mol. The van der Waals surface area contributed by atoms with Gasteiger partial charge in [0.1, 0.15) is 0 Å². The molecule has 0 spiro atoms. The van der Waals surface area contributed by atoms with E-state index in [1.165, 1.54) is 32.7 Å². The van der Waals surface area contributed by atoms with E-state index < -0.39 is 0 Å². The zero-order valence-corrected chi connectivity index (χ0v) is 17.0. The van der Waals surface area contributed by atoms with Crippen LogP contribution in [0.4, 0.5) is 0 Å². The Labute approximate surface area is 149 Å². The maximum absolute atomic E-state index is 2.26. The first-order valence-electron chi connectivity index (χ1n) is 9.78. The lowest BCUT2D eigenvalue weighted by atomic mass is 9.90. The lowest BCUT2D eigenvalue weighted by molar-refractivity contribution is 1.15. The van der Waals surface area contributed by atoms with Crippen LogP contribution in [-0.4, -0.2) is 0 Å². The summed E-state index contributed by atoms with van der Waals surface area (Å²) in [6, 6.07) is 17.6. The fourth-order valence-corrected chi connectivity index (χ4v) is 3.07. The molecule has 0 aliphatic carbocycles. The highest BCUT2D eigenvalue weighted by Crippen LogP contribution is 2.33. The van der Waals surface area contributed by atoms with Crippen LogP contribution in [0.2, 0.25) is 0 Å². The van der Waals surface area contributed by atoms with Crippen LogP contribution < -0.4 is 0 Å². The normalized spacial score (nSPS) is 9.17. The molecular weight excluding hydrogens is 288 g/mol. The molecule has 0 heteroatoms. The summed E-state index contributed by atoms with van der Waals surface area (Å²) in [4.78, 5) is 0. The fraction of sp³-hybridized carbons (Fsp3) is 0.417. The van der Waals surface area contributed by atoms with Crippen molar-refractivity contribution in [3.63, 3.8) is 0 Å². The fourth-order valence-electron chi connectivity index (χ4n) is 3.07. The van der Waals surface area contributed by atoms with Gasteiger partial charge < -0.3 is 0 Å². The van der Waals surface area contributed by atoms with E-state index >= 15 is 0 Å². The molecule has 0 N–H and O–H groups in total. The molecule has 0 amide bonds. The van der Waals surface area contributed by atoms with E-state index in [0.717, 1.165) is 12.8 Å². The van der Waals surface area contributed by atoms with Crippen molar-refractivity contribution in [1.82, 2.24) is 0 Å².